The number of para-hydroxylation sites is 1. The first-order valence-electron chi connectivity index (χ1n) is 9.43. The summed E-state index contributed by atoms with van der Waals surface area (Å²) < 4.78 is 19.9. The summed E-state index contributed by atoms with van der Waals surface area (Å²) in [6.45, 7) is 1.80. The zero-order valence-electron chi connectivity index (χ0n) is 16.5. The molecule has 0 aromatic heterocycles. The number of hydrogen-bond donors (Lipinski definition) is 1. The van der Waals surface area contributed by atoms with E-state index in [1.165, 1.54) is 17.0 Å². The number of anilines is 1. The molecule has 4 rings (SSSR count). The molecule has 154 valence electrons. The maximum absolute atomic E-state index is 14.2. The van der Waals surface area contributed by atoms with E-state index in [0.717, 1.165) is 5.56 Å². The molecule has 0 saturated carbocycles. The molecule has 1 saturated heterocycles. The van der Waals surface area contributed by atoms with E-state index in [0.29, 0.717) is 17.2 Å². The lowest BCUT2D eigenvalue weighted by molar-refractivity contribution is -0.122. The summed E-state index contributed by atoms with van der Waals surface area (Å²) >= 11 is 5.21. The summed E-state index contributed by atoms with van der Waals surface area (Å²) in [5.74, 6) is -0.576. The van der Waals surface area contributed by atoms with Crippen molar-refractivity contribution in [2.24, 2.45) is 0 Å². The average Bonchev–Trinajstić information content (AvgIpc) is 2.75. The standard InChI is InChI=1S/C24H17FN2O3S/c1-15-7-12-21(25)16(13-15)14-20-22(28)26-24(31)27(23(20)29)17-8-10-19(11-9-17)30-18-5-3-2-4-6-18/h2-14H,1H3,(H,26,28,31)/b20-14+. The summed E-state index contributed by atoms with van der Waals surface area (Å²) in [5.41, 5.74) is 1.20. The van der Waals surface area contributed by atoms with Crippen LogP contribution in [-0.4, -0.2) is 16.9 Å². The van der Waals surface area contributed by atoms with Crippen LogP contribution in [0.15, 0.2) is 78.4 Å². The fourth-order valence-corrected chi connectivity index (χ4v) is 3.39. The zero-order chi connectivity index (χ0) is 22.0. The van der Waals surface area contributed by atoms with E-state index in [1.54, 1.807) is 43.3 Å². The highest BCUT2D eigenvalue weighted by Gasteiger charge is 2.34. The SMILES string of the molecule is Cc1ccc(F)c(/C=C2\C(=O)NC(=S)N(c3ccc(Oc4ccccc4)cc3)C2=O)c1. The molecular weight excluding hydrogens is 415 g/mol. The van der Waals surface area contributed by atoms with Crippen molar-refractivity contribution in [1.82, 2.24) is 5.32 Å². The van der Waals surface area contributed by atoms with E-state index in [4.69, 9.17) is 17.0 Å². The Bertz CT molecular complexity index is 1210. The number of hydrogen-bond acceptors (Lipinski definition) is 4. The van der Waals surface area contributed by atoms with Crippen molar-refractivity contribution in [2.75, 3.05) is 4.90 Å². The smallest absolute Gasteiger partial charge is 0.270 e. The molecule has 1 heterocycles. The Morgan fingerprint density at radius 2 is 1.65 bits per heavy atom. The Kier molecular flexibility index (Phi) is 5.60. The topological polar surface area (TPSA) is 58.6 Å². The third kappa shape index (κ3) is 4.36. The predicted molar refractivity (Wildman–Crippen MR) is 120 cm³/mol. The molecule has 5 nitrogen and oxygen atoms in total. The van der Waals surface area contributed by atoms with Gasteiger partial charge in [0.15, 0.2) is 5.11 Å². The van der Waals surface area contributed by atoms with Gasteiger partial charge in [-0.3, -0.25) is 19.8 Å². The summed E-state index contributed by atoms with van der Waals surface area (Å²) in [4.78, 5) is 26.7. The minimum absolute atomic E-state index is 0.0476. The van der Waals surface area contributed by atoms with Crippen LogP contribution in [0.2, 0.25) is 0 Å². The van der Waals surface area contributed by atoms with Crippen LogP contribution in [0.25, 0.3) is 6.08 Å². The average molecular weight is 432 g/mol. The molecule has 3 aromatic rings. The van der Waals surface area contributed by atoms with Crippen LogP contribution in [0.1, 0.15) is 11.1 Å². The van der Waals surface area contributed by atoms with Crippen molar-refractivity contribution in [3.8, 4) is 11.5 Å². The van der Waals surface area contributed by atoms with Gasteiger partial charge in [-0.2, -0.15) is 0 Å². The highest BCUT2D eigenvalue weighted by atomic mass is 32.1. The summed E-state index contributed by atoms with van der Waals surface area (Å²) in [5, 5.41) is 2.45. The first kappa shape index (κ1) is 20.4. The Morgan fingerprint density at radius 1 is 0.968 bits per heavy atom. The zero-order valence-corrected chi connectivity index (χ0v) is 17.3. The fraction of sp³-hybridized carbons (Fsp3) is 0.0417. The lowest BCUT2D eigenvalue weighted by atomic mass is 10.0. The molecule has 3 aromatic carbocycles. The third-order valence-corrected chi connectivity index (χ3v) is 4.91. The predicted octanol–water partition coefficient (Wildman–Crippen LogP) is 4.76. The number of thiocarbonyl (C=S) groups is 1. The van der Waals surface area contributed by atoms with Gasteiger partial charge in [-0.25, -0.2) is 4.39 Å². The molecule has 0 unspecified atom stereocenters. The Hall–Kier alpha value is -3.84. The highest BCUT2D eigenvalue weighted by molar-refractivity contribution is 7.80. The van der Waals surface area contributed by atoms with E-state index in [-0.39, 0.29) is 16.2 Å². The first-order chi connectivity index (χ1) is 14.9. The summed E-state index contributed by atoms with van der Waals surface area (Å²) in [7, 11) is 0. The number of aryl methyl sites for hydroxylation is 1. The number of nitrogens with one attached hydrogen (secondary N) is 1. The highest BCUT2D eigenvalue weighted by Crippen LogP contribution is 2.27. The van der Waals surface area contributed by atoms with Crippen molar-refractivity contribution in [1.29, 1.82) is 0 Å². The fourth-order valence-electron chi connectivity index (χ4n) is 3.11. The van der Waals surface area contributed by atoms with Gasteiger partial charge in [-0.05, 0) is 73.7 Å². The van der Waals surface area contributed by atoms with Gasteiger partial charge in [0.05, 0.1) is 5.69 Å². The van der Waals surface area contributed by atoms with Gasteiger partial charge in [0.2, 0.25) is 0 Å². The number of rotatable bonds is 4. The van der Waals surface area contributed by atoms with Gasteiger partial charge in [0.25, 0.3) is 11.8 Å². The molecule has 1 fully saturated rings. The summed E-state index contributed by atoms with van der Waals surface area (Å²) in [6.07, 6.45) is 1.24. The lowest BCUT2D eigenvalue weighted by Gasteiger charge is -2.29. The quantitative estimate of drug-likeness (QED) is 0.367. The van der Waals surface area contributed by atoms with Gasteiger partial charge in [0, 0.05) is 5.56 Å². The van der Waals surface area contributed by atoms with Crippen LogP contribution in [0.4, 0.5) is 10.1 Å². The maximum Gasteiger partial charge on any atom is 0.270 e. The molecule has 1 aliphatic rings. The first-order valence-corrected chi connectivity index (χ1v) is 9.84. The van der Waals surface area contributed by atoms with Crippen molar-refractivity contribution in [3.05, 3.63) is 95.3 Å². The molecule has 0 spiro atoms. The normalized spacial score (nSPS) is 15.2. The largest absolute Gasteiger partial charge is 0.457 e. The van der Waals surface area contributed by atoms with Crippen LogP contribution >= 0.6 is 12.2 Å². The molecule has 0 aliphatic carbocycles. The van der Waals surface area contributed by atoms with Crippen molar-refractivity contribution in [3.63, 3.8) is 0 Å². The minimum Gasteiger partial charge on any atom is -0.457 e. The monoisotopic (exact) mass is 432 g/mol. The van der Waals surface area contributed by atoms with Crippen LogP contribution in [0.5, 0.6) is 11.5 Å². The number of halogens is 1. The van der Waals surface area contributed by atoms with E-state index >= 15 is 0 Å². The molecule has 31 heavy (non-hydrogen) atoms. The van der Waals surface area contributed by atoms with Crippen LogP contribution in [-0.2, 0) is 9.59 Å². The van der Waals surface area contributed by atoms with Crippen molar-refractivity contribution in [2.45, 2.75) is 6.92 Å². The van der Waals surface area contributed by atoms with Crippen LogP contribution < -0.4 is 15.0 Å². The molecule has 1 N–H and O–H groups in total. The second kappa shape index (κ2) is 8.49. The molecule has 0 radical (unpaired) electrons. The molecule has 0 atom stereocenters. The molecule has 7 heteroatoms. The van der Waals surface area contributed by atoms with Gasteiger partial charge in [-0.15, -0.1) is 0 Å². The van der Waals surface area contributed by atoms with Gasteiger partial charge >= 0.3 is 0 Å². The Labute approximate surface area is 183 Å². The Morgan fingerprint density at radius 3 is 2.35 bits per heavy atom. The van der Waals surface area contributed by atoms with Gasteiger partial charge in [-0.1, -0.05) is 29.8 Å². The number of benzene rings is 3. The van der Waals surface area contributed by atoms with Gasteiger partial charge in [0.1, 0.15) is 22.9 Å². The van der Waals surface area contributed by atoms with Crippen molar-refractivity contribution < 1.29 is 18.7 Å². The summed E-state index contributed by atoms with van der Waals surface area (Å²) in [6, 6.07) is 20.4. The third-order valence-electron chi connectivity index (χ3n) is 4.63. The minimum atomic E-state index is -0.670. The second-order valence-corrected chi connectivity index (χ2v) is 7.28. The van der Waals surface area contributed by atoms with Crippen LogP contribution in [0.3, 0.4) is 0 Å². The van der Waals surface area contributed by atoms with E-state index in [9.17, 15) is 14.0 Å². The number of nitrogens with zero attached hydrogens (tertiary/aromatic N) is 1. The number of carbonyl (C=O) groups is 2. The maximum atomic E-state index is 14.2. The van der Waals surface area contributed by atoms with Crippen LogP contribution in [0, 0.1) is 12.7 Å². The number of amides is 2. The van der Waals surface area contributed by atoms with E-state index in [1.807, 2.05) is 30.3 Å². The molecule has 1 aliphatic heterocycles. The van der Waals surface area contributed by atoms with Crippen molar-refractivity contribution >= 4 is 40.9 Å². The number of ether oxygens (including phenoxy) is 1. The number of carbonyl (C=O) groups excluding carboxylic acids is 2. The second-order valence-electron chi connectivity index (χ2n) is 6.89. The van der Waals surface area contributed by atoms with E-state index < -0.39 is 17.6 Å². The molecule has 2 amide bonds. The molecule has 0 bridgehead atoms. The molecular formula is C24H17FN2O3S. The Balaban J connectivity index is 1.62. The van der Waals surface area contributed by atoms with Gasteiger partial charge < -0.3 is 4.74 Å². The van der Waals surface area contributed by atoms with E-state index in [2.05, 4.69) is 5.32 Å². The lowest BCUT2D eigenvalue weighted by Crippen LogP contribution is -2.54.